The normalized spacial score (nSPS) is 24.3. The molecule has 0 aromatic carbocycles. The Bertz CT molecular complexity index is 904. The number of aryl methyl sites for hydroxylation is 1. The lowest BCUT2D eigenvalue weighted by atomic mass is 9.73. The van der Waals surface area contributed by atoms with Gasteiger partial charge in [-0.25, -0.2) is 4.98 Å². The molecule has 29 heavy (non-hydrogen) atoms. The molecule has 2 aromatic heterocycles. The number of rotatable bonds is 4. The molecular formula is C21H28N6O2. The van der Waals surface area contributed by atoms with Gasteiger partial charge in [-0.2, -0.15) is 5.10 Å². The molecule has 154 valence electrons. The smallest absolute Gasteiger partial charge is 0.274 e. The number of aromatic nitrogens is 4. The summed E-state index contributed by atoms with van der Waals surface area (Å²) in [6.45, 7) is 2.94. The number of amides is 2. The van der Waals surface area contributed by atoms with Crippen molar-refractivity contribution in [2.24, 2.45) is 5.41 Å². The van der Waals surface area contributed by atoms with Crippen molar-refractivity contribution in [2.75, 3.05) is 26.2 Å². The van der Waals surface area contributed by atoms with Crippen molar-refractivity contribution < 1.29 is 9.59 Å². The maximum atomic E-state index is 13.2. The van der Waals surface area contributed by atoms with E-state index in [1.807, 2.05) is 16.0 Å². The van der Waals surface area contributed by atoms with Gasteiger partial charge in [0.2, 0.25) is 5.91 Å². The topological polar surface area (TPSA) is 98.0 Å². The molecule has 0 unspecified atom stereocenters. The van der Waals surface area contributed by atoms with Crippen LogP contribution in [0.15, 0.2) is 12.5 Å². The molecule has 2 amide bonds. The van der Waals surface area contributed by atoms with E-state index in [9.17, 15) is 9.59 Å². The molecule has 5 rings (SSSR count). The third kappa shape index (κ3) is 3.45. The van der Waals surface area contributed by atoms with E-state index >= 15 is 0 Å². The molecule has 4 heterocycles. The van der Waals surface area contributed by atoms with E-state index < -0.39 is 0 Å². The van der Waals surface area contributed by atoms with Crippen LogP contribution in [0.1, 0.15) is 59.5 Å². The van der Waals surface area contributed by atoms with Crippen molar-refractivity contribution in [1.29, 1.82) is 0 Å². The summed E-state index contributed by atoms with van der Waals surface area (Å²) in [5.74, 6) is 0.285. The van der Waals surface area contributed by atoms with Crippen molar-refractivity contribution in [3.05, 3.63) is 35.2 Å². The number of nitrogens with one attached hydrogen (secondary N) is 2. The summed E-state index contributed by atoms with van der Waals surface area (Å²) in [4.78, 5) is 36.9. The Morgan fingerprint density at radius 2 is 2.10 bits per heavy atom. The van der Waals surface area contributed by atoms with Crippen LogP contribution < -0.4 is 0 Å². The van der Waals surface area contributed by atoms with Crippen LogP contribution in [0, 0.1) is 5.41 Å². The molecule has 3 aliphatic rings. The summed E-state index contributed by atoms with van der Waals surface area (Å²) >= 11 is 0. The minimum Gasteiger partial charge on any atom is -0.348 e. The molecule has 2 aromatic rings. The first-order valence-corrected chi connectivity index (χ1v) is 10.7. The fourth-order valence-corrected chi connectivity index (χ4v) is 5.34. The number of carbonyl (C=O) groups excluding carboxylic acids is 2. The second-order valence-corrected chi connectivity index (χ2v) is 8.86. The Labute approximate surface area is 170 Å². The minimum atomic E-state index is 0.00921. The number of hydrogen-bond acceptors (Lipinski definition) is 4. The lowest BCUT2D eigenvalue weighted by molar-refractivity contribution is -0.138. The Balaban J connectivity index is 1.28. The van der Waals surface area contributed by atoms with E-state index in [0.717, 1.165) is 81.5 Å². The van der Waals surface area contributed by atoms with E-state index in [4.69, 9.17) is 0 Å². The highest BCUT2D eigenvalue weighted by atomic mass is 16.2. The third-order valence-corrected chi connectivity index (χ3v) is 6.91. The highest BCUT2D eigenvalue weighted by molar-refractivity contribution is 5.94. The van der Waals surface area contributed by atoms with Gasteiger partial charge in [0.25, 0.3) is 5.91 Å². The Hall–Kier alpha value is -2.64. The van der Waals surface area contributed by atoms with Gasteiger partial charge in [-0.1, -0.05) is 0 Å². The number of hydrogen-bond donors (Lipinski definition) is 2. The molecule has 0 saturated carbocycles. The summed E-state index contributed by atoms with van der Waals surface area (Å²) in [7, 11) is 0. The predicted octanol–water partition coefficient (Wildman–Crippen LogP) is 1.71. The van der Waals surface area contributed by atoms with Crippen molar-refractivity contribution in [2.45, 2.75) is 51.4 Å². The fraction of sp³-hybridized carbons (Fsp3) is 0.619. The lowest BCUT2D eigenvalue weighted by Gasteiger charge is -2.48. The van der Waals surface area contributed by atoms with Crippen molar-refractivity contribution in [3.8, 4) is 0 Å². The maximum Gasteiger partial charge on any atom is 0.274 e. The van der Waals surface area contributed by atoms with Gasteiger partial charge in [-0.15, -0.1) is 0 Å². The zero-order chi connectivity index (χ0) is 19.8. The Morgan fingerprint density at radius 1 is 1.17 bits per heavy atom. The Morgan fingerprint density at radius 3 is 2.97 bits per heavy atom. The van der Waals surface area contributed by atoms with Crippen LogP contribution in [0.25, 0.3) is 0 Å². The summed E-state index contributed by atoms with van der Waals surface area (Å²) in [5.41, 5.74) is 3.93. The van der Waals surface area contributed by atoms with Crippen molar-refractivity contribution in [3.63, 3.8) is 0 Å². The Kier molecular flexibility index (Phi) is 4.64. The zero-order valence-corrected chi connectivity index (χ0v) is 16.7. The van der Waals surface area contributed by atoms with Gasteiger partial charge in [0.15, 0.2) is 5.69 Å². The molecule has 1 aliphatic carbocycles. The summed E-state index contributed by atoms with van der Waals surface area (Å²) in [6, 6.07) is 0. The third-order valence-electron chi connectivity index (χ3n) is 6.91. The molecular weight excluding hydrogens is 368 g/mol. The number of piperidine rings is 2. The van der Waals surface area contributed by atoms with Crippen LogP contribution in [0.2, 0.25) is 0 Å². The number of aromatic amines is 2. The van der Waals surface area contributed by atoms with Gasteiger partial charge < -0.3 is 14.8 Å². The summed E-state index contributed by atoms with van der Waals surface area (Å²) in [5, 5.41) is 7.40. The molecule has 2 saturated heterocycles. The van der Waals surface area contributed by atoms with Gasteiger partial charge in [-0.05, 0) is 38.5 Å². The summed E-state index contributed by atoms with van der Waals surface area (Å²) < 4.78 is 0. The van der Waals surface area contributed by atoms with E-state index in [1.54, 1.807) is 6.33 Å². The van der Waals surface area contributed by atoms with E-state index in [1.165, 1.54) is 0 Å². The van der Waals surface area contributed by atoms with Gasteiger partial charge in [0.05, 0.1) is 6.33 Å². The van der Waals surface area contributed by atoms with Gasteiger partial charge in [0, 0.05) is 67.6 Å². The first-order valence-electron chi connectivity index (χ1n) is 10.7. The SMILES string of the molecule is O=C1CC[C@]2(CCCN(C(=O)c3n[nH]c4c3CCC4)C2)CN1CCc1cnc[nH]1. The standard InChI is InChI=1S/C21H28N6O2/c28-18-5-8-21(12-26(18)10-6-15-11-22-14-23-15)7-2-9-27(13-21)20(29)19-16-3-1-4-17(16)24-25-19/h11,14H,1-10,12-13H2,(H,22,23)(H,24,25)/t21-/m1/s1. The van der Waals surface area contributed by atoms with Crippen LogP contribution in [0.5, 0.6) is 0 Å². The largest absolute Gasteiger partial charge is 0.348 e. The number of likely N-dealkylation sites (tertiary alicyclic amines) is 2. The van der Waals surface area contributed by atoms with Crippen molar-refractivity contribution >= 4 is 11.8 Å². The minimum absolute atomic E-state index is 0.00921. The van der Waals surface area contributed by atoms with E-state index in [2.05, 4.69) is 20.2 Å². The van der Waals surface area contributed by atoms with Gasteiger partial charge in [0.1, 0.15) is 0 Å². The predicted molar refractivity (Wildman–Crippen MR) is 106 cm³/mol. The van der Waals surface area contributed by atoms with Crippen LogP contribution in [-0.4, -0.2) is 68.0 Å². The molecule has 0 bridgehead atoms. The van der Waals surface area contributed by atoms with Gasteiger partial charge in [-0.3, -0.25) is 14.7 Å². The molecule has 2 aliphatic heterocycles. The molecule has 8 heteroatoms. The van der Waals surface area contributed by atoms with Crippen LogP contribution in [0.4, 0.5) is 0 Å². The summed E-state index contributed by atoms with van der Waals surface area (Å²) in [6.07, 6.45) is 10.8. The van der Waals surface area contributed by atoms with Crippen LogP contribution >= 0.6 is 0 Å². The second kappa shape index (κ2) is 7.31. The van der Waals surface area contributed by atoms with E-state index in [-0.39, 0.29) is 17.2 Å². The second-order valence-electron chi connectivity index (χ2n) is 8.86. The van der Waals surface area contributed by atoms with Crippen LogP contribution in [0.3, 0.4) is 0 Å². The monoisotopic (exact) mass is 396 g/mol. The average Bonchev–Trinajstić information content (AvgIpc) is 3.47. The quantitative estimate of drug-likeness (QED) is 0.822. The number of H-pyrrole nitrogens is 2. The van der Waals surface area contributed by atoms with Crippen molar-refractivity contribution in [1.82, 2.24) is 30.0 Å². The lowest BCUT2D eigenvalue weighted by Crippen LogP contribution is -2.55. The zero-order valence-electron chi connectivity index (χ0n) is 16.7. The molecule has 1 spiro atoms. The first kappa shape index (κ1) is 18.4. The first-order chi connectivity index (χ1) is 14.1. The number of fused-ring (bicyclic) bond motifs is 1. The van der Waals surface area contributed by atoms with Crippen LogP contribution in [-0.2, 0) is 24.1 Å². The number of nitrogens with zero attached hydrogens (tertiary/aromatic N) is 4. The molecule has 2 fully saturated rings. The molecule has 8 nitrogen and oxygen atoms in total. The fourth-order valence-electron chi connectivity index (χ4n) is 5.34. The van der Waals surface area contributed by atoms with E-state index in [0.29, 0.717) is 18.7 Å². The number of imidazole rings is 1. The maximum absolute atomic E-state index is 13.2. The highest BCUT2D eigenvalue weighted by Gasteiger charge is 2.43. The highest BCUT2D eigenvalue weighted by Crippen LogP contribution is 2.39. The molecule has 1 atom stereocenters. The number of carbonyl (C=O) groups is 2. The van der Waals surface area contributed by atoms with Gasteiger partial charge >= 0.3 is 0 Å². The molecule has 2 N–H and O–H groups in total. The average molecular weight is 396 g/mol. The molecule has 0 radical (unpaired) electrons.